The maximum absolute atomic E-state index is 11.9. The summed E-state index contributed by atoms with van der Waals surface area (Å²) in [6.45, 7) is 15.7. The first-order valence-corrected chi connectivity index (χ1v) is 17.5. The minimum Gasteiger partial charge on any atom is -0.496 e. The predicted molar refractivity (Wildman–Crippen MR) is 167 cm³/mol. The molecule has 0 unspecified atom stereocenters. The van der Waals surface area contributed by atoms with Crippen molar-refractivity contribution < 1.29 is 23.8 Å². The van der Waals surface area contributed by atoms with Crippen LogP contribution in [0, 0.1) is 12.8 Å². The Morgan fingerprint density at radius 3 is 2.17 bits per heavy atom. The van der Waals surface area contributed by atoms with Gasteiger partial charge in [0.2, 0.25) is 0 Å². The van der Waals surface area contributed by atoms with Gasteiger partial charge in [-0.3, -0.25) is 4.68 Å². The van der Waals surface area contributed by atoms with Gasteiger partial charge in [0.1, 0.15) is 17.1 Å². The smallest absolute Gasteiger partial charge is 0.339 e. The third-order valence-corrected chi connectivity index (χ3v) is 12.9. The van der Waals surface area contributed by atoms with E-state index in [4.69, 9.17) is 19.0 Å². The van der Waals surface area contributed by atoms with Gasteiger partial charge in [0.25, 0.3) is 0 Å². The summed E-state index contributed by atoms with van der Waals surface area (Å²) in [5.74, 6) is 0.588. The summed E-state index contributed by atoms with van der Waals surface area (Å²) in [6, 6.07) is 14.7. The first-order chi connectivity index (χ1) is 19.3. The molecular weight excluding hydrogens is 532 g/mol. The summed E-state index contributed by atoms with van der Waals surface area (Å²) in [7, 11) is 1.11. The van der Waals surface area contributed by atoms with Crippen molar-refractivity contribution >= 4 is 14.3 Å². The van der Waals surface area contributed by atoms with Crippen LogP contribution in [-0.4, -0.2) is 43.4 Å². The zero-order chi connectivity index (χ0) is 30.4. The minimum atomic E-state index is -2.24. The molecule has 1 aromatic heterocycles. The molecule has 0 saturated carbocycles. The molecule has 1 N–H and O–H groups in total. The first-order valence-electron chi connectivity index (χ1n) is 14.5. The Morgan fingerprint density at radius 1 is 1.07 bits per heavy atom. The Bertz CT molecular complexity index is 1270. The van der Waals surface area contributed by atoms with E-state index < -0.39 is 14.3 Å². The van der Waals surface area contributed by atoms with E-state index in [0.29, 0.717) is 18.7 Å². The minimum absolute atomic E-state index is 0.00371. The van der Waals surface area contributed by atoms with E-state index in [0.717, 1.165) is 41.9 Å². The van der Waals surface area contributed by atoms with Gasteiger partial charge in [-0.05, 0) is 74.0 Å². The van der Waals surface area contributed by atoms with Gasteiger partial charge >= 0.3 is 5.97 Å². The molecule has 8 heteroatoms. The summed E-state index contributed by atoms with van der Waals surface area (Å²) in [4.78, 5) is 11.9. The van der Waals surface area contributed by atoms with E-state index in [2.05, 4.69) is 70.3 Å². The molecule has 0 aliphatic rings. The first kappa shape index (κ1) is 32.4. The van der Waals surface area contributed by atoms with Gasteiger partial charge in [0.05, 0.1) is 26.0 Å². The molecule has 224 valence electrons. The summed E-state index contributed by atoms with van der Waals surface area (Å²) in [6.07, 6.45) is 4.74. The number of carbonyl (C=O) groups is 1. The van der Waals surface area contributed by atoms with Gasteiger partial charge in [0, 0.05) is 24.2 Å². The molecule has 0 bridgehead atoms. The number of aromatic nitrogens is 2. The van der Waals surface area contributed by atoms with Gasteiger partial charge in [-0.25, -0.2) is 4.79 Å². The Labute approximate surface area is 247 Å². The third-order valence-electron chi connectivity index (χ3n) is 8.47. The number of methoxy groups -OCH3 is 2. The summed E-state index contributed by atoms with van der Waals surface area (Å²) < 4.78 is 20.6. The molecule has 41 heavy (non-hydrogen) atoms. The fourth-order valence-electron chi connectivity index (χ4n) is 4.99. The number of rotatable bonds is 14. The van der Waals surface area contributed by atoms with Crippen LogP contribution in [0.5, 0.6) is 11.5 Å². The lowest BCUT2D eigenvalue weighted by molar-refractivity contribution is 0.0695. The summed E-state index contributed by atoms with van der Waals surface area (Å²) in [5.41, 5.74) is 4.10. The molecule has 0 saturated heterocycles. The molecule has 3 aromatic rings. The molecule has 0 radical (unpaired) electrons. The van der Waals surface area contributed by atoms with Crippen molar-refractivity contribution in [2.75, 3.05) is 14.2 Å². The van der Waals surface area contributed by atoms with Crippen LogP contribution in [0.3, 0.4) is 0 Å². The van der Waals surface area contributed by atoms with E-state index in [9.17, 15) is 9.90 Å². The molecule has 0 fully saturated rings. The zero-order valence-corrected chi connectivity index (χ0v) is 27.3. The van der Waals surface area contributed by atoms with Crippen molar-refractivity contribution in [2.45, 2.75) is 91.1 Å². The average Bonchev–Trinajstić information content (AvgIpc) is 3.35. The highest BCUT2D eigenvalue weighted by atomic mass is 28.4. The highest BCUT2D eigenvalue weighted by Crippen LogP contribution is 2.45. The summed E-state index contributed by atoms with van der Waals surface area (Å²) in [5, 5.41) is 14.5. The van der Waals surface area contributed by atoms with Crippen molar-refractivity contribution in [2.24, 2.45) is 5.92 Å². The molecule has 7 nitrogen and oxygen atoms in total. The van der Waals surface area contributed by atoms with Crippen LogP contribution in [0.2, 0.25) is 18.1 Å². The predicted octanol–water partition coefficient (Wildman–Crippen LogP) is 7.87. The van der Waals surface area contributed by atoms with E-state index >= 15 is 0 Å². The van der Waals surface area contributed by atoms with Crippen LogP contribution in [0.1, 0.15) is 79.4 Å². The number of aryl methyl sites for hydroxylation is 2. The van der Waals surface area contributed by atoms with Gasteiger partial charge in [-0.2, -0.15) is 5.10 Å². The van der Waals surface area contributed by atoms with Gasteiger partial charge < -0.3 is 19.0 Å². The number of aromatic carboxylic acids is 1. The molecule has 0 aliphatic carbocycles. The lowest BCUT2D eigenvalue weighted by Crippen LogP contribution is -2.43. The largest absolute Gasteiger partial charge is 0.496 e. The molecule has 0 aliphatic heterocycles. The van der Waals surface area contributed by atoms with Gasteiger partial charge in [0.15, 0.2) is 8.32 Å². The SMILES string of the molecule is CCc1nn(C[C@H](CCCc2ccccc2)[C@H](O[Si](C)(C)C(C)(C)C)c2cc(OC)c(C)c(OC)c2)cc1C(=O)O. The van der Waals surface area contributed by atoms with Crippen molar-refractivity contribution in [3.05, 3.63) is 76.6 Å². The topological polar surface area (TPSA) is 82.8 Å². The fraction of sp³-hybridized carbons (Fsp3) is 0.515. The molecule has 2 atom stereocenters. The van der Waals surface area contributed by atoms with Gasteiger partial charge in [-0.1, -0.05) is 58.0 Å². The quantitative estimate of drug-likeness (QED) is 0.195. The molecule has 3 rings (SSSR count). The van der Waals surface area contributed by atoms with Crippen LogP contribution < -0.4 is 9.47 Å². The van der Waals surface area contributed by atoms with E-state index in [1.807, 2.05) is 19.9 Å². The average molecular weight is 581 g/mol. The summed E-state index contributed by atoms with van der Waals surface area (Å²) >= 11 is 0. The van der Waals surface area contributed by atoms with E-state index in [1.54, 1.807) is 25.1 Å². The van der Waals surface area contributed by atoms with Crippen molar-refractivity contribution in [3.8, 4) is 11.5 Å². The van der Waals surface area contributed by atoms with E-state index in [-0.39, 0.29) is 22.6 Å². The monoisotopic (exact) mass is 580 g/mol. The number of hydrogen-bond acceptors (Lipinski definition) is 5. The number of carboxylic acid groups (broad SMARTS) is 1. The standard InChI is InChI=1S/C33H48N2O5Si/c1-10-28-27(32(36)37)22-35(34-28)21-25(18-14-17-24-15-12-11-13-16-24)31(40-41(8,9)33(3,4)5)26-19-29(38-6)23(2)30(20-26)39-7/h11-13,15-16,19-20,22,25,31H,10,14,17-18,21H2,1-9H3,(H,36,37)/t25-,31-/m0/s1. The molecule has 1 heterocycles. The zero-order valence-electron chi connectivity index (χ0n) is 26.3. The Kier molecular flexibility index (Phi) is 10.8. The second-order valence-electron chi connectivity index (χ2n) is 12.4. The van der Waals surface area contributed by atoms with E-state index in [1.165, 1.54) is 5.56 Å². The van der Waals surface area contributed by atoms with Crippen molar-refractivity contribution in [3.63, 3.8) is 0 Å². The van der Waals surface area contributed by atoms with Crippen LogP contribution in [0.15, 0.2) is 48.7 Å². The molecule has 0 amide bonds. The highest BCUT2D eigenvalue weighted by molar-refractivity contribution is 6.74. The number of ether oxygens (including phenoxy) is 2. The van der Waals surface area contributed by atoms with Crippen LogP contribution in [0.4, 0.5) is 0 Å². The molecule has 0 spiro atoms. The number of hydrogen-bond donors (Lipinski definition) is 1. The Morgan fingerprint density at radius 2 is 1.68 bits per heavy atom. The normalized spacial score (nSPS) is 13.6. The Balaban J connectivity index is 2.11. The second-order valence-corrected chi connectivity index (χ2v) is 17.1. The lowest BCUT2D eigenvalue weighted by atomic mass is 9.89. The van der Waals surface area contributed by atoms with Crippen molar-refractivity contribution in [1.29, 1.82) is 0 Å². The van der Waals surface area contributed by atoms with Crippen LogP contribution >= 0.6 is 0 Å². The second kappa shape index (κ2) is 13.7. The third kappa shape index (κ3) is 8.01. The number of benzene rings is 2. The maximum atomic E-state index is 11.9. The Hall–Kier alpha value is -3.10. The molecular formula is C33H48N2O5Si. The number of nitrogens with zero attached hydrogens (tertiary/aromatic N) is 2. The highest BCUT2D eigenvalue weighted by Gasteiger charge is 2.41. The fourth-order valence-corrected chi connectivity index (χ4v) is 6.30. The molecule has 2 aromatic carbocycles. The van der Waals surface area contributed by atoms with Crippen LogP contribution in [-0.2, 0) is 23.8 Å². The van der Waals surface area contributed by atoms with Crippen LogP contribution in [0.25, 0.3) is 0 Å². The maximum Gasteiger partial charge on any atom is 0.339 e. The lowest BCUT2D eigenvalue weighted by Gasteiger charge is -2.42. The number of carboxylic acids is 1. The van der Waals surface area contributed by atoms with Crippen molar-refractivity contribution in [1.82, 2.24) is 9.78 Å². The van der Waals surface area contributed by atoms with Gasteiger partial charge in [-0.15, -0.1) is 0 Å².